The van der Waals surface area contributed by atoms with Crippen LogP contribution in [-0.2, 0) is 16.1 Å². The van der Waals surface area contributed by atoms with Crippen LogP contribution in [0.5, 0.6) is 0 Å². The van der Waals surface area contributed by atoms with Gasteiger partial charge in [-0.05, 0) is 36.4 Å². The number of aromatic nitrogens is 2. The Hall–Kier alpha value is -3.24. The normalized spacial score (nSPS) is 15.7. The van der Waals surface area contributed by atoms with E-state index in [0.717, 1.165) is 29.0 Å². The Morgan fingerprint density at radius 2 is 2.10 bits per heavy atom. The van der Waals surface area contributed by atoms with Crippen LogP contribution in [0.1, 0.15) is 29.6 Å². The monoisotopic (exact) mass is 442 g/mol. The zero-order valence-electron chi connectivity index (χ0n) is 16.7. The number of ether oxygens (including phenoxy) is 1. The molecule has 1 atom stereocenters. The molecule has 1 fully saturated rings. The summed E-state index contributed by atoms with van der Waals surface area (Å²) in [5.74, 6) is -1.01. The van der Waals surface area contributed by atoms with Crippen molar-refractivity contribution in [1.82, 2.24) is 15.1 Å². The van der Waals surface area contributed by atoms with Crippen LogP contribution in [0.25, 0.3) is 10.8 Å². The number of amides is 2. The van der Waals surface area contributed by atoms with E-state index in [-0.39, 0.29) is 36.8 Å². The molecule has 1 aliphatic rings. The molecule has 2 aromatic heterocycles. The Balaban J connectivity index is 1.34. The van der Waals surface area contributed by atoms with Crippen LogP contribution in [0.4, 0.5) is 5.69 Å². The topological polar surface area (TPSA) is 115 Å². The van der Waals surface area contributed by atoms with Crippen LogP contribution in [0, 0.1) is 0 Å². The van der Waals surface area contributed by atoms with Crippen LogP contribution in [0.3, 0.4) is 0 Å². The number of hydrogen-bond donors (Lipinski definition) is 2. The van der Waals surface area contributed by atoms with E-state index >= 15 is 0 Å². The number of carbonyl (C=O) groups excluding carboxylic acids is 2. The summed E-state index contributed by atoms with van der Waals surface area (Å²) < 4.78 is 11.8. The van der Waals surface area contributed by atoms with Gasteiger partial charge in [0, 0.05) is 19.6 Å². The maximum atomic E-state index is 12.6. The second-order valence-electron chi connectivity index (χ2n) is 7.06. The zero-order valence-corrected chi connectivity index (χ0v) is 17.5. The number of rotatable bonds is 8. The minimum Gasteiger partial charge on any atom is -0.387 e. The predicted molar refractivity (Wildman–Crippen MR) is 115 cm³/mol. The number of aryl methyl sites for hydroxylation is 1. The molecule has 0 bridgehead atoms. The fourth-order valence-corrected chi connectivity index (χ4v) is 3.91. The summed E-state index contributed by atoms with van der Waals surface area (Å²) in [6, 6.07) is 10.4. The number of hydrogen-bond acceptors (Lipinski definition) is 7. The molecule has 0 saturated carbocycles. The highest BCUT2D eigenvalue weighted by Crippen LogP contribution is 2.21. The van der Waals surface area contributed by atoms with E-state index < -0.39 is 5.76 Å². The highest BCUT2D eigenvalue weighted by Gasteiger charge is 2.19. The standard InChI is InChI=1S/C21H22N4O5S/c26-18(9-10-25-21(28)30-20(24-25)17-8-4-12-31-17)23-16-7-2-1-6-15(16)19(27)22-13-14-5-3-11-29-14/h1-2,4,6-8,12,14H,3,5,9-11,13H2,(H,22,27)(H,23,26)/t14-/m1/s1. The Morgan fingerprint density at radius 1 is 1.23 bits per heavy atom. The third-order valence-electron chi connectivity index (χ3n) is 4.85. The van der Waals surface area contributed by atoms with Gasteiger partial charge in [0.2, 0.25) is 5.91 Å². The molecule has 0 unspecified atom stereocenters. The maximum Gasteiger partial charge on any atom is 0.437 e. The van der Waals surface area contributed by atoms with Crippen LogP contribution in [0.2, 0.25) is 0 Å². The van der Waals surface area contributed by atoms with E-state index in [1.165, 1.54) is 11.3 Å². The van der Waals surface area contributed by atoms with Gasteiger partial charge in [0.25, 0.3) is 11.8 Å². The van der Waals surface area contributed by atoms with Crippen molar-refractivity contribution in [2.24, 2.45) is 0 Å². The Morgan fingerprint density at radius 3 is 2.87 bits per heavy atom. The summed E-state index contributed by atoms with van der Waals surface area (Å²) >= 11 is 1.41. The van der Waals surface area contributed by atoms with Crippen molar-refractivity contribution in [3.8, 4) is 10.8 Å². The van der Waals surface area contributed by atoms with Crippen molar-refractivity contribution in [1.29, 1.82) is 0 Å². The number of nitrogens with zero attached hydrogens (tertiary/aromatic N) is 2. The van der Waals surface area contributed by atoms with Crippen molar-refractivity contribution in [2.45, 2.75) is 31.9 Å². The van der Waals surface area contributed by atoms with E-state index in [0.29, 0.717) is 17.8 Å². The highest BCUT2D eigenvalue weighted by molar-refractivity contribution is 7.13. The number of para-hydroxylation sites is 1. The minimum atomic E-state index is -0.620. The molecule has 31 heavy (non-hydrogen) atoms. The lowest BCUT2D eigenvalue weighted by molar-refractivity contribution is -0.116. The fraction of sp³-hybridized carbons (Fsp3) is 0.333. The second kappa shape index (κ2) is 9.71. The van der Waals surface area contributed by atoms with Gasteiger partial charge < -0.3 is 19.8 Å². The molecule has 0 spiro atoms. The van der Waals surface area contributed by atoms with E-state index in [9.17, 15) is 14.4 Å². The van der Waals surface area contributed by atoms with Crippen molar-refractivity contribution in [2.75, 3.05) is 18.5 Å². The SMILES string of the molecule is O=C(CCn1nc(-c2cccs2)oc1=O)Nc1ccccc1C(=O)NC[C@H]1CCCO1. The number of benzene rings is 1. The van der Waals surface area contributed by atoms with Crippen LogP contribution in [0.15, 0.2) is 51.0 Å². The van der Waals surface area contributed by atoms with Gasteiger partial charge in [0.05, 0.1) is 28.8 Å². The number of thiophene rings is 1. The molecule has 2 N–H and O–H groups in total. The summed E-state index contributed by atoms with van der Waals surface area (Å²) in [6.45, 7) is 1.21. The molecule has 1 aliphatic heterocycles. The average molecular weight is 442 g/mol. The number of anilines is 1. The lowest BCUT2D eigenvalue weighted by atomic mass is 10.1. The van der Waals surface area contributed by atoms with Crippen molar-refractivity contribution in [3.63, 3.8) is 0 Å². The van der Waals surface area contributed by atoms with Crippen molar-refractivity contribution in [3.05, 3.63) is 57.9 Å². The molecule has 2 amide bonds. The van der Waals surface area contributed by atoms with Gasteiger partial charge in [0.15, 0.2) is 0 Å². The van der Waals surface area contributed by atoms with E-state index in [4.69, 9.17) is 9.15 Å². The van der Waals surface area contributed by atoms with E-state index in [2.05, 4.69) is 15.7 Å². The van der Waals surface area contributed by atoms with Crippen LogP contribution >= 0.6 is 11.3 Å². The summed E-state index contributed by atoms with van der Waals surface area (Å²) in [5.41, 5.74) is 0.775. The van der Waals surface area contributed by atoms with Gasteiger partial charge in [0.1, 0.15) is 0 Å². The number of nitrogens with one attached hydrogen (secondary N) is 2. The predicted octanol–water partition coefficient (Wildman–Crippen LogP) is 2.50. The fourth-order valence-electron chi connectivity index (χ4n) is 3.26. The average Bonchev–Trinajstić information content (AvgIpc) is 3.53. The van der Waals surface area contributed by atoms with Gasteiger partial charge in [-0.2, -0.15) is 4.68 Å². The van der Waals surface area contributed by atoms with Crippen molar-refractivity contribution >= 4 is 28.8 Å². The Labute approximate surface area is 182 Å². The van der Waals surface area contributed by atoms with Crippen LogP contribution < -0.4 is 16.4 Å². The van der Waals surface area contributed by atoms with E-state index in [1.807, 2.05) is 11.4 Å². The smallest absolute Gasteiger partial charge is 0.387 e. The first-order chi connectivity index (χ1) is 15.1. The third-order valence-corrected chi connectivity index (χ3v) is 5.71. The molecular weight excluding hydrogens is 420 g/mol. The summed E-state index contributed by atoms with van der Waals surface area (Å²) in [4.78, 5) is 37.7. The highest BCUT2D eigenvalue weighted by atomic mass is 32.1. The second-order valence-corrected chi connectivity index (χ2v) is 8.01. The van der Waals surface area contributed by atoms with E-state index in [1.54, 1.807) is 30.3 Å². The number of carbonyl (C=O) groups is 2. The van der Waals surface area contributed by atoms with Crippen LogP contribution in [-0.4, -0.2) is 40.9 Å². The molecule has 162 valence electrons. The van der Waals surface area contributed by atoms with Gasteiger partial charge in [-0.25, -0.2) is 4.79 Å². The van der Waals surface area contributed by atoms with Gasteiger partial charge in [-0.3, -0.25) is 9.59 Å². The summed E-state index contributed by atoms with van der Waals surface area (Å²) in [7, 11) is 0. The minimum absolute atomic E-state index is 0.00217. The zero-order chi connectivity index (χ0) is 21.6. The molecule has 3 heterocycles. The molecular formula is C21H22N4O5S. The molecule has 1 aromatic carbocycles. The Kier molecular flexibility index (Phi) is 6.58. The van der Waals surface area contributed by atoms with Gasteiger partial charge in [-0.1, -0.05) is 18.2 Å². The quantitative estimate of drug-likeness (QED) is 0.554. The van der Waals surface area contributed by atoms with Gasteiger partial charge >= 0.3 is 5.76 Å². The molecule has 0 radical (unpaired) electrons. The first-order valence-electron chi connectivity index (χ1n) is 10.0. The maximum absolute atomic E-state index is 12.6. The third kappa shape index (κ3) is 5.28. The summed E-state index contributed by atoms with van der Waals surface area (Å²) in [5, 5.41) is 11.6. The van der Waals surface area contributed by atoms with Crippen molar-refractivity contribution < 1.29 is 18.7 Å². The molecule has 0 aliphatic carbocycles. The molecule has 9 nitrogen and oxygen atoms in total. The first kappa shape index (κ1) is 21.0. The van der Waals surface area contributed by atoms with Gasteiger partial charge in [-0.15, -0.1) is 16.4 Å². The molecule has 4 rings (SSSR count). The lowest BCUT2D eigenvalue weighted by Gasteiger charge is -2.13. The Bertz CT molecular complexity index is 1100. The molecule has 3 aromatic rings. The lowest BCUT2D eigenvalue weighted by Crippen LogP contribution is -2.32. The molecule has 1 saturated heterocycles. The summed E-state index contributed by atoms with van der Waals surface area (Å²) in [6.07, 6.45) is 1.96. The molecule has 10 heteroatoms. The first-order valence-corrected chi connectivity index (χ1v) is 10.9. The largest absolute Gasteiger partial charge is 0.437 e.